The van der Waals surface area contributed by atoms with Gasteiger partial charge in [0.1, 0.15) is 12.2 Å². The zero-order valence-corrected chi connectivity index (χ0v) is 16.3. The molecule has 0 bridgehead atoms. The molecule has 1 aliphatic rings. The lowest BCUT2D eigenvalue weighted by atomic mass is 10.1. The number of ether oxygens (including phenoxy) is 1. The first-order valence-electron chi connectivity index (χ1n) is 9.49. The predicted molar refractivity (Wildman–Crippen MR) is 102 cm³/mol. The minimum Gasteiger partial charge on any atom is -0.379 e. The summed E-state index contributed by atoms with van der Waals surface area (Å²) in [6, 6.07) is 11.6. The van der Waals surface area contributed by atoms with Crippen LogP contribution >= 0.6 is 0 Å². The van der Waals surface area contributed by atoms with Crippen molar-refractivity contribution < 1.29 is 14.1 Å². The summed E-state index contributed by atoms with van der Waals surface area (Å²) in [6.07, 6.45) is 0. The molecule has 152 valence electrons. The number of rotatable bonds is 7. The molecule has 0 spiro atoms. The third-order valence-electron chi connectivity index (χ3n) is 4.81. The first kappa shape index (κ1) is 19.2. The Balaban J connectivity index is 1.34. The average Bonchev–Trinajstić information content (AvgIpc) is 3.39. The fraction of sp³-hybridized carbons (Fsp3) is 0.421. The van der Waals surface area contributed by atoms with Crippen molar-refractivity contribution in [3.63, 3.8) is 0 Å². The van der Waals surface area contributed by atoms with E-state index in [1.165, 1.54) is 0 Å². The molecular formula is C19H23N7O3. The van der Waals surface area contributed by atoms with E-state index in [1.54, 1.807) is 16.6 Å². The number of aromatic nitrogens is 5. The Morgan fingerprint density at radius 2 is 2.00 bits per heavy atom. The average molecular weight is 397 g/mol. The molecule has 4 rings (SSSR count). The van der Waals surface area contributed by atoms with E-state index >= 15 is 0 Å². The third kappa shape index (κ3) is 4.84. The summed E-state index contributed by atoms with van der Waals surface area (Å²) in [6.45, 7) is 4.04. The number of benzene rings is 1. The van der Waals surface area contributed by atoms with Crippen molar-refractivity contribution in [1.82, 2.24) is 35.2 Å². The molecule has 3 aromatic rings. The predicted octanol–water partition coefficient (Wildman–Crippen LogP) is 0.819. The minimum atomic E-state index is -0.113. The Kier molecular flexibility index (Phi) is 5.92. The highest BCUT2D eigenvalue weighted by Gasteiger charge is 2.19. The molecule has 3 heterocycles. The Hall–Kier alpha value is -3.11. The standard InChI is InChI=1S/C19H23N7O3/c1-24(12-16-11-17(21-29-16)15-5-3-2-4-6-15)19(27)14-26-18(20-22-23-26)13-25-7-9-28-10-8-25/h2-6,11H,7-10,12-14H2,1H3. The number of hydrogen-bond acceptors (Lipinski definition) is 8. The minimum absolute atomic E-state index is 0.0723. The summed E-state index contributed by atoms with van der Waals surface area (Å²) in [7, 11) is 1.72. The number of morpholine rings is 1. The van der Waals surface area contributed by atoms with Gasteiger partial charge in [-0.2, -0.15) is 0 Å². The molecule has 29 heavy (non-hydrogen) atoms. The highest BCUT2D eigenvalue weighted by Crippen LogP contribution is 2.19. The lowest BCUT2D eigenvalue weighted by molar-refractivity contribution is -0.131. The molecule has 10 nitrogen and oxygen atoms in total. The van der Waals surface area contributed by atoms with Crippen molar-refractivity contribution in [2.75, 3.05) is 33.4 Å². The van der Waals surface area contributed by atoms with Gasteiger partial charge in [0.15, 0.2) is 11.6 Å². The van der Waals surface area contributed by atoms with Gasteiger partial charge < -0.3 is 14.2 Å². The Bertz CT molecular complexity index is 934. The van der Waals surface area contributed by atoms with Crippen LogP contribution in [0.1, 0.15) is 11.6 Å². The molecule has 1 amide bonds. The molecule has 0 radical (unpaired) electrons. The number of amides is 1. The van der Waals surface area contributed by atoms with Gasteiger partial charge in [0.2, 0.25) is 5.91 Å². The molecule has 0 aliphatic carbocycles. The molecular weight excluding hydrogens is 374 g/mol. The number of tetrazole rings is 1. The molecule has 1 aliphatic heterocycles. The van der Waals surface area contributed by atoms with Crippen molar-refractivity contribution >= 4 is 5.91 Å². The second kappa shape index (κ2) is 8.93. The number of hydrogen-bond donors (Lipinski definition) is 0. The second-order valence-corrected chi connectivity index (χ2v) is 6.94. The molecule has 1 fully saturated rings. The van der Waals surface area contributed by atoms with Crippen molar-refractivity contribution in [2.24, 2.45) is 0 Å². The maximum Gasteiger partial charge on any atom is 0.244 e. The van der Waals surface area contributed by atoms with Gasteiger partial charge in [-0.1, -0.05) is 35.5 Å². The fourth-order valence-electron chi connectivity index (χ4n) is 3.12. The van der Waals surface area contributed by atoms with Crippen LogP contribution in [-0.4, -0.2) is 74.4 Å². The van der Waals surface area contributed by atoms with Crippen LogP contribution in [0.25, 0.3) is 11.3 Å². The van der Waals surface area contributed by atoms with E-state index in [0.717, 1.165) is 24.3 Å². The summed E-state index contributed by atoms with van der Waals surface area (Å²) in [4.78, 5) is 16.4. The summed E-state index contributed by atoms with van der Waals surface area (Å²) in [5.41, 5.74) is 1.72. The van der Waals surface area contributed by atoms with E-state index in [1.807, 2.05) is 36.4 Å². The fourth-order valence-corrected chi connectivity index (χ4v) is 3.12. The van der Waals surface area contributed by atoms with Gasteiger partial charge >= 0.3 is 0 Å². The molecule has 0 atom stereocenters. The van der Waals surface area contributed by atoms with E-state index in [2.05, 4.69) is 25.6 Å². The van der Waals surface area contributed by atoms with E-state index in [0.29, 0.717) is 37.9 Å². The SMILES string of the molecule is CN(Cc1cc(-c2ccccc2)no1)C(=O)Cn1nnnc1CN1CCOCC1. The Morgan fingerprint density at radius 3 is 2.79 bits per heavy atom. The molecule has 0 saturated carbocycles. The topological polar surface area (TPSA) is 102 Å². The molecule has 10 heteroatoms. The van der Waals surface area contributed by atoms with Crippen molar-refractivity contribution in [1.29, 1.82) is 0 Å². The maximum atomic E-state index is 12.6. The van der Waals surface area contributed by atoms with Crippen molar-refractivity contribution in [3.05, 3.63) is 48.0 Å². The zero-order chi connectivity index (χ0) is 20.1. The van der Waals surface area contributed by atoms with E-state index in [9.17, 15) is 4.79 Å². The van der Waals surface area contributed by atoms with Crippen molar-refractivity contribution in [3.8, 4) is 11.3 Å². The van der Waals surface area contributed by atoms with Crippen LogP contribution in [0, 0.1) is 0 Å². The highest BCUT2D eigenvalue weighted by molar-refractivity contribution is 5.75. The van der Waals surface area contributed by atoms with E-state index < -0.39 is 0 Å². The van der Waals surface area contributed by atoms with Gasteiger partial charge in [-0.25, -0.2) is 4.68 Å². The highest BCUT2D eigenvalue weighted by atomic mass is 16.5. The van der Waals surface area contributed by atoms with Gasteiger partial charge in [0, 0.05) is 31.8 Å². The normalized spacial score (nSPS) is 14.8. The van der Waals surface area contributed by atoms with Crippen LogP contribution in [0.3, 0.4) is 0 Å². The lowest BCUT2D eigenvalue weighted by Crippen LogP contribution is -2.37. The quantitative estimate of drug-likeness (QED) is 0.577. The van der Waals surface area contributed by atoms with Gasteiger partial charge in [0.05, 0.1) is 26.3 Å². The molecule has 0 N–H and O–H groups in total. The Morgan fingerprint density at radius 1 is 1.21 bits per heavy atom. The molecule has 0 unspecified atom stereocenters. The van der Waals surface area contributed by atoms with Crippen LogP contribution in [0.4, 0.5) is 0 Å². The number of carbonyl (C=O) groups is 1. The lowest BCUT2D eigenvalue weighted by Gasteiger charge is -2.25. The summed E-state index contributed by atoms with van der Waals surface area (Å²) < 4.78 is 12.3. The summed E-state index contributed by atoms with van der Waals surface area (Å²) in [5.74, 6) is 1.17. The van der Waals surface area contributed by atoms with Gasteiger partial charge in [0.25, 0.3) is 0 Å². The smallest absolute Gasteiger partial charge is 0.244 e. The Labute approximate surface area is 168 Å². The first-order chi connectivity index (χ1) is 14.2. The monoisotopic (exact) mass is 397 g/mol. The zero-order valence-electron chi connectivity index (χ0n) is 16.3. The van der Waals surface area contributed by atoms with Gasteiger partial charge in [-0.05, 0) is 10.4 Å². The van der Waals surface area contributed by atoms with Gasteiger partial charge in [-0.15, -0.1) is 5.10 Å². The maximum absolute atomic E-state index is 12.6. The van der Waals surface area contributed by atoms with Crippen LogP contribution in [0.5, 0.6) is 0 Å². The number of carbonyl (C=O) groups excluding carboxylic acids is 1. The second-order valence-electron chi connectivity index (χ2n) is 6.94. The largest absolute Gasteiger partial charge is 0.379 e. The van der Waals surface area contributed by atoms with Gasteiger partial charge in [-0.3, -0.25) is 9.69 Å². The third-order valence-corrected chi connectivity index (χ3v) is 4.81. The summed E-state index contributed by atoms with van der Waals surface area (Å²) in [5, 5.41) is 15.8. The van der Waals surface area contributed by atoms with Crippen LogP contribution in [0.15, 0.2) is 40.9 Å². The number of likely N-dealkylation sites (N-methyl/N-ethyl adjacent to an activating group) is 1. The van der Waals surface area contributed by atoms with Crippen molar-refractivity contribution in [2.45, 2.75) is 19.6 Å². The van der Waals surface area contributed by atoms with Crippen LogP contribution in [-0.2, 0) is 29.2 Å². The molecule has 1 saturated heterocycles. The molecule has 2 aromatic heterocycles. The summed E-state index contributed by atoms with van der Waals surface area (Å²) >= 11 is 0. The van der Waals surface area contributed by atoms with Crippen LogP contribution in [0.2, 0.25) is 0 Å². The molecule has 1 aromatic carbocycles. The van der Waals surface area contributed by atoms with Crippen LogP contribution < -0.4 is 0 Å². The number of nitrogens with zero attached hydrogens (tertiary/aromatic N) is 7. The first-order valence-corrected chi connectivity index (χ1v) is 9.49. The van der Waals surface area contributed by atoms with E-state index in [-0.39, 0.29) is 12.5 Å². The van der Waals surface area contributed by atoms with E-state index in [4.69, 9.17) is 9.26 Å².